The third-order valence-electron chi connectivity index (χ3n) is 3.39. The van der Waals surface area contributed by atoms with Crippen LogP contribution in [0.1, 0.15) is 18.4 Å². The van der Waals surface area contributed by atoms with Gasteiger partial charge in [-0.15, -0.1) is 0 Å². The predicted octanol–water partition coefficient (Wildman–Crippen LogP) is 2.51. The Labute approximate surface area is 104 Å². The molecular formula is C14H22N2O. The van der Waals surface area contributed by atoms with Crippen molar-refractivity contribution < 1.29 is 4.74 Å². The predicted molar refractivity (Wildman–Crippen MR) is 71.9 cm³/mol. The number of nitrogens with zero attached hydrogens (tertiary/aromatic N) is 1. The highest BCUT2D eigenvalue weighted by Gasteiger charge is 2.10. The van der Waals surface area contributed by atoms with Crippen LogP contribution < -0.4 is 10.1 Å². The molecule has 0 atom stereocenters. The molecule has 1 aromatic rings. The Balaban J connectivity index is 1.84. The lowest BCUT2D eigenvalue weighted by Crippen LogP contribution is -2.26. The molecule has 0 radical (unpaired) electrons. The SMILES string of the molecule is COc1ccc(C)c(NCCN2CCCC2)c1. The molecule has 94 valence electrons. The number of benzene rings is 1. The van der Waals surface area contributed by atoms with Crippen LogP contribution in [0.3, 0.4) is 0 Å². The van der Waals surface area contributed by atoms with Crippen LogP contribution in [-0.4, -0.2) is 38.2 Å². The molecule has 1 aliphatic rings. The molecule has 0 bridgehead atoms. The molecule has 0 unspecified atom stereocenters. The van der Waals surface area contributed by atoms with Crippen LogP contribution in [-0.2, 0) is 0 Å². The molecule has 17 heavy (non-hydrogen) atoms. The average Bonchev–Trinajstić information content (AvgIpc) is 2.84. The summed E-state index contributed by atoms with van der Waals surface area (Å²) in [7, 11) is 1.71. The smallest absolute Gasteiger partial charge is 0.120 e. The number of rotatable bonds is 5. The molecule has 0 aliphatic carbocycles. The van der Waals surface area contributed by atoms with E-state index in [1.807, 2.05) is 6.07 Å². The van der Waals surface area contributed by atoms with E-state index in [4.69, 9.17) is 4.74 Å². The molecule has 1 N–H and O–H groups in total. The molecule has 0 aromatic heterocycles. The zero-order valence-corrected chi connectivity index (χ0v) is 10.8. The van der Waals surface area contributed by atoms with E-state index in [1.165, 1.54) is 37.2 Å². The Kier molecular flexibility index (Phi) is 4.26. The maximum Gasteiger partial charge on any atom is 0.120 e. The number of hydrogen-bond acceptors (Lipinski definition) is 3. The zero-order valence-electron chi connectivity index (χ0n) is 10.8. The van der Waals surface area contributed by atoms with Gasteiger partial charge in [0, 0.05) is 24.8 Å². The van der Waals surface area contributed by atoms with Gasteiger partial charge in [0.2, 0.25) is 0 Å². The van der Waals surface area contributed by atoms with Crippen molar-refractivity contribution in [3.63, 3.8) is 0 Å². The fourth-order valence-corrected chi connectivity index (χ4v) is 2.27. The van der Waals surface area contributed by atoms with Gasteiger partial charge < -0.3 is 15.0 Å². The number of methoxy groups -OCH3 is 1. The molecular weight excluding hydrogens is 212 g/mol. The molecule has 1 fully saturated rings. The topological polar surface area (TPSA) is 24.5 Å². The first-order chi connectivity index (χ1) is 8.29. The lowest BCUT2D eigenvalue weighted by molar-refractivity contribution is 0.352. The van der Waals surface area contributed by atoms with Gasteiger partial charge >= 0.3 is 0 Å². The monoisotopic (exact) mass is 234 g/mol. The Hall–Kier alpha value is -1.22. The van der Waals surface area contributed by atoms with E-state index in [2.05, 4.69) is 29.3 Å². The van der Waals surface area contributed by atoms with Crippen LogP contribution >= 0.6 is 0 Å². The second kappa shape index (κ2) is 5.92. The molecule has 1 saturated heterocycles. The van der Waals surface area contributed by atoms with Crippen LogP contribution in [0.25, 0.3) is 0 Å². The van der Waals surface area contributed by atoms with Crippen molar-refractivity contribution in [2.75, 3.05) is 38.6 Å². The van der Waals surface area contributed by atoms with Crippen LogP contribution in [0, 0.1) is 6.92 Å². The first-order valence-electron chi connectivity index (χ1n) is 6.40. The van der Waals surface area contributed by atoms with Crippen molar-refractivity contribution >= 4 is 5.69 Å². The van der Waals surface area contributed by atoms with Crippen LogP contribution in [0.4, 0.5) is 5.69 Å². The second-order valence-corrected chi connectivity index (χ2v) is 4.66. The fraction of sp³-hybridized carbons (Fsp3) is 0.571. The summed E-state index contributed by atoms with van der Waals surface area (Å²) in [6.45, 7) is 6.79. The average molecular weight is 234 g/mol. The van der Waals surface area contributed by atoms with Gasteiger partial charge in [-0.2, -0.15) is 0 Å². The largest absolute Gasteiger partial charge is 0.497 e. The maximum atomic E-state index is 5.24. The standard InChI is InChI=1S/C14H22N2O/c1-12-5-6-13(17-2)11-14(12)15-7-10-16-8-3-4-9-16/h5-6,11,15H,3-4,7-10H2,1-2H3. The molecule has 0 spiro atoms. The molecule has 1 aliphatic heterocycles. The van der Waals surface area contributed by atoms with E-state index in [0.717, 1.165) is 18.8 Å². The summed E-state index contributed by atoms with van der Waals surface area (Å²) >= 11 is 0. The maximum absolute atomic E-state index is 5.24. The summed E-state index contributed by atoms with van der Waals surface area (Å²) in [5.41, 5.74) is 2.45. The molecule has 2 rings (SSSR count). The van der Waals surface area contributed by atoms with Crippen LogP contribution in [0.5, 0.6) is 5.75 Å². The number of likely N-dealkylation sites (tertiary alicyclic amines) is 1. The third-order valence-corrected chi connectivity index (χ3v) is 3.39. The third kappa shape index (κ3) is 3.37. The van der Waals surface area contributed by atoms with E-state index < -0.39 is 0 Å². The molecule has 1 heterocycles. The lowest BCUT2D eigenvalue weighted by Gasteiger charge is -2.16. The Bertz CT molecular complexity index is 359. The van der Waals surface area contributed by atoms with Crippen molar-refractivity contribution in [3.05, 3.63) is 23.8 Å². The highest BCUT2D eigenvalue weighted by molar-refractivity contribution is 5.54. The molecule has 0 amide bonds. The fourth-order valence-electron chi connectivity index (χ4n) is 2.27. The Morgan fingerprint density at radius 2 is 2.06 bits per heavy atom. The molecule has 3 nitrogen and oxygen atoms in total. The van der Waals surface area contributed by atoms with Crippen molar-refractivity contribution in [1.82, 2.24) is 4.90 Å². The minimum Gasteiger partial charge on any atom is -0.497 e. The summed E-state index contributed by atoms with van der Waals surface area (Å²) in [6, 6.07) is 6.16. The molecule has 1 aromatic carbocycles. The number of aryl methyl sites for hydroxylation is 1. The molecule has 0 saturated carbocycles. The van der Waals surface area contributed by atoms with Crippen molar-refractivity contribution in [2.24, 2.45) is 0 Å². The van der Waals surface area contributed by atoms with Crippen molar-refractivity contribution in [2.45, 2.75) is 19.8 Å². The van der Waals surface area contributed by atoms with E-state index >= 15 is 0 Å². The summed E-state index contributed by atoms with van der Waals surface area (Å²) < 4.78 is 5.24. The van der Waals surface area contributed by atoms with Crippen molar-refractivity contribution in [1.29, 1.82) is 0 Å². The quantitative estimate of drug-likeness (QED) is 0.847. The molecule has 3 heteroatoms. The van der Waals surface area contributed by atoms with E-state index in [-0.39, 0.29) is 0 Å². The summed E-state index contributed by atoms with van der Waals surface area (Å²) in [5, 5.41) is 3.49. The first-order valence-corrected chi connectivity index (χ1v) is 6.40. The van der Waals surface area contributed by atoms with Gasteiger partial charge in [-0.25, -0.2) is 0 Å². The van der Waals surface area contributed by atoms with Gasteiger partial charge in [0.25, 0.3) is 0 Å². The number of hydrogen-bond donors (Lipinski definition) is 1. The van der Waals surface area contributed by atoms with Crippen LogP contribution in [0.15, 0.2) is 18.2 Å². The summed E-state index contributed by atoms with van der Waals surface area (Å²) in [4.78, 5) is 2.52. The minimum absolute atomic E-state index is 0.916. The number of nitrogens with one attached hydrogen (secondary N) is 1. The second-order valence-electron chi connectivity index (χ2n) is 4.66. The van der Waals surface area contributed by atoms with Gasteiger partial charge in [-0.1, -0.05) is 6.07 Å². The van der Waals surface area contributed by atoms with Gasteiger partial charge in [-0.3, -0.25) is 0 Å². The van der Waals surface area contributed by atoms with E-state index in [0.29, 0.717) is 0 Å². The van der Waals surface area contributed by atoms with Crippen LogP contribution in [0.2, 0.25) is 0 Å². The van der Waals surface area contributed by atoms with E-state index in [9.17, 15) is 0 Å². The van der Waals surface area contributed by atoms with E-state index in [1.54, 1.807) is 7.11 Å². The van der Waals surface area contributed by atoms with Gasteiger partial charge in [-0.05, 0) is 44.5 Å². The van der Waals surface area contributed by atoms with Crippen molar-refractivity contribution in [3.8, 4) is 5.75 Å². The Morgan fingerprint density at radius 3 is 2.76 bits per heavy atom. The van der Waals surface area contributed by atoms with Gasteiger partial charge in [0.15, 0.2) is 0 Å². The minimum atomic E-state index is 0.916. The van der Waals surface area contributed by atoms with Gasteiger partial charge in [0.05, 0.1) is 7.11 Å². The normalized spacial score (nSPS) is 16.1. The lowest BCUT2D eigenvalue weighted by atomic mass is 10.2. The summed E-state index contributed by atoms with van der Waals surface area (Å²) in [5.74, 6) is 0.916. The highest BCUT2D eigenvalue weighted by Crippen LogP contribution is 2.21. The van der Waals surface area contributed by atoms with Gasteiger partial charge in [0.1, 0.15) is 5.75 Å². The summed E-state index contributed by atoms with van der Waals surface area (Å²) in [6.07, 6.45) is 2.72. The number of ether oxygens (including phenoxy) is 1. The highest BCUT2D eigenvalue weighted by atomic mass is 16.5. The zero-order chi connectivity index (χ0) is 12.1. The first kappa shape index (κ1) is 12.2. The number of anilines is 1. The Morgan fingerprint density at radius 1 is 1.29 bits per heavy atom.